The van der Waals surface area contributed by atoms with Crippen LogP contribution in [0.5, 0.6) is 0 Å². The first-order valence-corrected chi connectivity index (χ1v) is 11.2. The summed E-state index contributed by atoms with van der Waals surface area (Å²) in [7, 11) is 0. The molecule has 0 aliphatic heterocycles. The van der Waals surface area contributed by atoms with E-state index in [0.717, 1.165) is 30.3 Å². The molecule has 0 atom stereocenters. The van der Waals surface area contributed by atoms with Crippen molar-refractivity contribution in [2.24, 2.45) is 5.92 Å². The number of aromatic nitrogens is 1. The lowest BCUT2D eigenvalue weighted by molar-refractivity contribution is -0.143. The van der Waals surface area contributed by atoms with E-state index < -0.39 is 0 Å². The van der Waals surface area contributed by atoms with Gasteiger partial charge in [0.15, 0.2) is 0 Å². The molecule has 1 aliphatic carbocycles. The summed E-state index contributed by atoms with van der Waals surface area (Å²) in [6.07, 6.45) is 4.70. The molecule has 1 heterocycles. The van der Waals surface area contributed by atoms with Crippen LogP contribution in [0.15, 0.2) is 60.8 Å². The van der Waals surface area contributed by atoms with Crippen LogP contribution in [0, 0.1) is 5.92 Å². The van der Waals surface area contributed by atoms with E-state index in [1.165, 1.54) is 10.9 Å². The van der Waals surface area contributed by atoms with Crippen molar-refractivity contribution in [1.29, 1.82) is 0 Å². The van der Waals surface area contributed by atoms with Gasteiger partial charge in [0.2, 0.25) is 11.8 Å². The van der Waals surface area contributed by atoms with Crippen molar-refractivity contribution in [3.8, 4) is 0 Å². The minimum atomic E-state index is 0.00592. The van der Waals surface area contributed by atoms with Crippen LogP contribution >= 0.6 is 0 Å². The quantitative estimate of drug-likeness (QED) is 0.561. The molecule has 31 heavy (non-hydrogen) atoms. The van der Waals surface area contributed by atoms with E-state index in [0.29, 0.717) is 13.1 Å². The van der Waals surface area contributed by atoms with Gasteiger partial charge in [-0.1, -0.05) is 48.5 Å². The van der Waals surface area contributed by atoms with E-state index in [4.69, 9.17) is 0 Å². The zero-order valence-electron chi connectivity index (χ0n) is 18.4. The Hall–Kier alpha value is -3.08. The highest BCUT2D eigenvalue weighted by Crippen LogP contribution is 2.31. The Bertz CT molecular complexity index is 1040. The van der Waals surface area contributed by atoms with Crippen molar-refractivity contribution in [2.45, 2.75) is 45.7 Å². The van der Waals surface area contributed by atoms with Crippen molar-refractivity contribution in [3.63, 3.8) is 0 Å². The van der Waals surface area contributed by atoms with Crippen LogP contribution in [0.4, 0.5) is 0 Å². The van der Waals surface area contributed by atoms with Gasteiger partial charge in [0.05, 0.1) is 6.54 Å². The molecular formula is C26H31N3O2. The number of H-pyrrole nitrogens is 1. The van der Waals surface area contributed by atoms with Gasteiger partial charge in [-0.05, 0) is 50.3 Å². The summed E-state index contributed by atoms with van der Waals surface area (Å²) in [5.74, 6) is 0.245. The van der Waals surface area contributed by atoms with Crippen molar-refractivity contribution in [3.05, 3.63) is 71.9 Å². The second-order valence-electron chi connectivity index (χ2n) is 8.74. The number of aromatic amines is 1. The molecule has 2 aromatic carbocycles. The fourth-order valence-corrected chi connectivity index (χ4v) is 4.02. The number of hydrogen-bond acceptors (Lipinski definition) is 2. The number of carbonyl (C=O) groups excluding carboxylic acids is 2. The van der Waals surface area contributed by atoms with Gasteiger partial charge in [-0.25, -0.2) is 0 Å². The average molecular weight is 418 g/mol. The molecule has 0 bridgehead atoms. The molecule has 1 aromatic heterocycles. The molecule has 1 fully saturated rings. The summed E-state index contributed by atoms with van der Waals surface area (Å²) in [6, 6.07) is 18.3. The highest BCUT2D eigenvalue weighted by Gasteiger charge is 2.35. The molecule has 4 rings (SSSR count). The minimum absolute atomic E-state index is 0.00592. The maximum absolute atomic E-state index is 13.4. The summed E-state index contributed by atoms with van der Waals surface area (Å²) in [4.78, 5) is 33.0. The number of nitrogens with zero attached hydrogens (tertiary/aromatic N) is 2. The smallest absolute Gasteiger partial charge is 0.242 e. The van der Waals surface area contributed by atoms with Gasteiger partial charge in [0, 0.05) is 42.1 Å². The Labute approximate surface area is 184 Å². The van der Waals surface area contributed by atoms with Crippen LogP contribution in [-0.4, -0.2) is 45.7 Å². The summed E-state index contributed by atoms with van der Waals surface area (Å²) < 4.78 is 0. The Kier molecular flexibility index (Phi) is 6.40. The van der Waals surface area contributed by atoms with Gasteiger partial charge in [0.25, 0.3) is 0 Å². The van der Waals surface area contributed by atoms with E-state index in [1.807, 2.05) is 67.4 Å². The summed E-state index contributed by atoms with van der Waals surface area (Å²) in [5, 5.41) is 1.20. The number of amides is 2. The highest BCUT2D eigenvalue weighted by molar-refractivity contribution is 5.87. The van der Waals surface area contributed by atoms with Gasteiger partial charge >= 0.3 is 0 Å². The number of carbonyl (C=O) groups is 2. The Morgan fingerprint density at radius 1 is 1.03 bits per heavy atom. The van der Waals surface area contributed by atoms with Gasteiger partial charge < -0.3 is 14.8 Å². The van der Waals surface area contributed by atoms with E-state index in [2.05, 4.69) is 17.1 Å². The Morgan fingerprint density at radius 3 is 2.45 bits per heavy atom. The largest absolute Gasteiger partial charge is 0.361 e. The van der Waals surface area contributed by atoms with Crippen LogP contribution in [-0.2, 0) is 22.6 Å². The molecule has 0 radical (unpaired) electrons. The predicted molar refractivity (Wildman–Crippen MR) is 123 cm³/mol. The number of para-hydroxylation sites is 1. The first kappa shape index (κ1) is 21.2. The average Bonchev–Trinajstić information content (AvgIpc) is 3.55. The van der Waals surface area contributed by atoms with Crippen molar-refractivity contribution < 1.29 is 9.59 Å². The molecule has 1 saturated carbocycles. The first-order valence-electron chi connectivity index (χ1n) is 11.2. The summed E-state index contributed by atoms with van der Waals surface area (Å²) in [5.41, 5.74) is 3.41. The number of benzene rings is 2. The lowest BCUT2D eigenvalue weighted by Gasteiger charge is -2.30. The van der Waals surface area contributed by atoms with Crippen molar-refractivity contribution in [2.75, 3.05) is 13.1 Å². The third kappa shape index (κ3) is 5.16. The fraction of sp³-hybridized carbons (Fsp3) is 0.385. The standard InChI is InChI=1S/C26H31N3O2/c1-19(2)29(26(31)21-12-13-21)18-25(30)28(17-20-8-4-3-5-9-20)15-14-22-16-27-24-11-7-6-10-23(22)24/h3-11,16,19,21,27H,12-15,17-18H2,1-2H3. The lowest BCUT2D eigenvalue weighted by Crippen LogP contribution is -2.46. The maximum Gasteiger partial charge on any atom is 0.242 e. The van der Waals surface area contributed by atoms with E-state index in [-0.39, 0.29) is 30.3 Å². The normalized spacial score (nSPS) is 13.5. The van der Waals surface area contributed by atoms with Crippen LogP contribution in [0.25, 0.3) is 10.9 Å². The highest BCUT2D eigenvalue weighted by atomic mass is 16.2. The molecule has 5 heteroatoms. The molecule has 0 spiro atoms. The summed E-state index contributed by atoms with van der Waals surface area (Å²) >= 11 is 0. The number of nitrogens with one attached hydrogen (secondary N) is 1. The van der Waals surface area contributed by atoms with Gasteiger partial charge in [-0.15, -0.1) is 0 Å². The van der Waals surface area contributed by atoms with E-state index >= 15 is 0 Å². The second kappa shape index (κ2) is 9.38. The molecular weight excluding hydrogens is 386 g/mol. The molecule has 1 aliphatic rings. The predicted octanol–water partition coefficient (Wildman–Crippen LogP) is 4.39. The topological polar surface area (TPSA) is 56.4 Å². The third-order valence-electron chi connectivity index (χ3n) is 6.03. The van der Waals surface area contributed by atoms with Crippen molar-refractivity contribution >= 4 is 22.7 Å². The van der Waals surface area contributed by atoms with E-state index in [9.17, 15) is 9.59 Å². The fourth-order valence-electron chi connectivity index (χ4n) is 4.02. The number of rotatable bonds is 9. The molecule has 0 saturated heterocycles. The Morgan fingerprint density at radius 2 is 1.74 bits per heavy atom. The molecule has 162 valence electrons. The monoisotopic (exact) mass is 417 g/mol. The third-order valence-corrected chi connectivity index (χ3v) is 6.03. The number of fused-ring (bicyclic) bond motifs is 1. The van der Waals surface area contributed by atoms with Crippen LogP contribution in [0.1, 0.15) is 37.8 Å². The maximum atomic E-state index is 13.4. The Balaban J connectivity index is 1.50. The molecule has 2 amide bonds. The van der Waals surface area contributed by atoms with Gasteiger partial charge in [-0.2, -0.15) is 0 Å². The van der Waals surface area contributed by atoms with Gasteiger partial charge in [0.1, 0.15) is 0 Å². The zero-order valence-corrected chi connectivity index (χ0v) is 18.4. The van der Waals surface area contributed by atoms with Crippen LogP contribution < -0.4 is 0 Å². The minimum Gasteiger partial charge on any atom is -0.361 e. The zero-order chi connectivity index (χ0) is 21.8. The SMILES string of the molecule is CC(C)N(CC(=O)N(CCc1c[nH]c2ccccc12)Cc1ccccc1)C(=O)C1CC1. The number of hydrogen-bond donors (Lipinski definition) is 1. The van der Waals surface area contributed by atoms with Crippen molar-refractivity contribution in [1.82, 2.24) is 14.8 Å². The molecule has 3 aromatic rings. The van der Waals surface area contributed by atoms with Crippen LogP contribution in [0.3, 0.4) is 0 Å². The van der Waals surface area contributed by atoms with Crippen LogP contribution in [0.2, 0.25) is 0 Å². The van der Waals surface area contributed by atoms with E-state index in [1.54, 1.807) is 4.90 Å². The summed E-state index contributed by atoms with van der Waals surface area (Å²) in [6.45, 7) is 5.28. The lowest BCUT2D eigenvalue weighted by atomic mass is 10.1. The first-order chi connectivity index (χ1) is 15.0. The van der Waals surface area contributed by atoms with Gasteiger partial charge in [-0.3, -0.25) is 9.59 Å². The molecule has 5 nitrogen and oxygen atoms in total. The molecule has 0 unspecified atom stereocenters. The molecule has 1 N–H and O–H groups in total. The second-order valence-corrected chi connectivity index (χ2v) is 8.74.